The second-order valence-corrected chi connectivity index (χ2v) is 3.77. The SMILES string of the molecule is CCC(COC)NCC(O)c1ccncc1. The predicted octanol–water partition coefficient (Wildman–Crippen LogP) is 1.13. The summed E-state index contributed by atoms with van der Waals surface area (Å²) in [6, 6.07) is 3.94. The van der Waals surface area contributed by atoms with E-state index in [0.717, 1.165) is 12.0 Å². The van der Waals surface area contributed by atoms with Gasteiger partial charge in [0.05, 0.1) is 12.7 Å². The molecule has 1 aromatic rings. The van der Waals surface area contributed by atoms with Crippen LogP contribution in [0.1, 0.15) is 25.0 Å². The molecular formula is C12H20N2O2. The van der Waals surface area contributed by atoms with Gasteiger partial charge < -0.3 is 15.2 Å². The zero-order valence-electron chi connectivity index (χ0n) is 9.89. The van der Waals surface area contributed by atoms with Crippen LogP contribution in [-0.4, -0.2) is 36.4 Å². The Morgan fingerprint density at radius 1 is 1.44 bits per heavy atom. The van der Waals surface area contributed by atoms with Crippen LogP contribution in [0.15, 0.2) is 24.5 Å². The molecule has 0 fully saturated rings. The lowest BCUT2D eigenvalue weighted by Gasteiger charge is -2.18. The number of hydrogen-bond acceptors (Lipinski definition) is 4. The van der Waals surface area contributed by atoms with E-state index < -0.39 is 6.10 Å². The minimum Gasteiger partial charge on any atom is -0.387 e. The largest absolute Gasteiger partial charge is 0.387 e. The van der Waals surface area contributed by atoms with Crippen LogP contribution in [0.3, 0.4) is 0 Å². The van der Waals surface area contributed by atoms with Gasteiger partial charge >= 0.3 is 0 Å². The van der Waals surface area contributed by atoms with Crippen molar-refractivity contribution in [2.75, 3.05) is 20.3 Å². The van der Waals surface area contributed by atoms with E-state index in [9.17, 15) is 5.11 Å². The third-order valence-electron chi connectivity index (χ3n) is 2.55. The maximum atomic E-state index is 9.90. The van der Waals surface area contributed by atoms with Gasteiger partial charge in [0.1, 0.15) is 0 Å². The zero-order chi connectivity index (χ0) is 11.8. The average Bonchev–Trinajstić information content (AvgIpc) is 2.35. The van der Waals surface area contributed by atoms with Crippen molar-refractivity contribution in [3.8, 4) is 0 Å². The second kappa shape index (κ2) is 7.33. The van der Waals surface area contributed by atoms with Gasteiger partial charge in [0.25, 0.3) is 0 Å². The van der Waals surface area contributed by atoms with Crippen molar-refractivity contribution < 1.29 is 9.84 Å². The Morgan fingerprint density at radius 2 is 2.12 bits per heavy atom. The molecule has 1 rings (SSSR count). The van der Waals surface area contributed by atoms with E-state index in [1.54, 1.807) is 19.5 Å². The molecule has 0 aliphatic carbocycles. The number of nitrogens with one attached hydrogen (secondary N) is 1. The summed E-state index contributed by atoms with van der Waals surface area (Å²) in [6.45, 7) is 3.29. The number of hydrogen-bond donors (Lipinski definition) is 2. The van der Waals surface area contributed by atoms with E-state index in [1.165, 1.54) is 0 Å². The topological polar surface area (TPSA) is 54.4 Å². The standard InChI is InChI=1S/C12H20N2O2/c1-3-11(9-16-2)14-8-12(15)10-4-6-13-7-5-10/h4-7,11-12,14-15H,3,8-9H2,1-2H3. The van der Waals surface area contributed by atoms with Crippen molar-refractivity contribution in [2.24, 2.45) is 0 Å². The minimum absolute atomic E-state index is 0.293. The minimum atomic E-state index is -0.492. The van der Waals surface area contributed by atoms with Crippen molar-refractivity contribution >= 4 is 0 Å². The highest BCUT2D eigenvalue weighted by Crippen LogP contribution is 2.10. The third-order valence-corrected chi connectivity index (χ3v) is 2.55. The van der Waals surface area contributed by atoms with Crippen molar-refractivity contribution in [2.45, 2.75) is 25.5 Å². The van der Waals surface area contributed by atoms with Gasteiger partial charge in [-0.1, -0.05) is 6.92 Å². The summed E-state index contributed by atoms with van der Waals surface area (Å²) >= 11 is 0. The van der Waals surface area contributed by atoms with Crippen LogP contribution in [0.4, 0.5) is 0 Å². The van der Waals surface area contributed by atoms with Gasteiger partial charge in [-0.15, -0.1) is 0 Å². The van der Waals surface area contributed by atoms with Crippen molar-refractivity contribution in [3.05, 3.63) is 30.1 Å². The molecule has 1 aromatic heterocycles. The second-order valence-electron chi connectivity index (χ2n) is 3.77. The quantitative estimate of drug-likeness (QED) is 0.729. The van der Waals surface area contributed by atoms with Crippen LogP contribution in [0.25, 0.3) is 0 Å². The van der Waals surface area contributed by atoms with E-state index in [2.05, 4.69) is 17.2 Å². The van der Waals surface area contributed by atoms with Crippen LogP contribution in [-0.2, 0) is 4.74 Å². The summed E-state index contributed by atoms with van der Waals surface area (Å²) in [6.07, 6.45) is 3.86. The maximum absolute atomic E-state index is 9.90. The van der Waals surface area contributed by atoms with Gasteiger partial charge in [0.2, 0.25) is 0 Å². The highest BCUT2D eigenvalue weighted by molar-refractivity contribution is 5.13. The molecule has 0 spiro atoms. The van der Waals surface area contributed by atoms with Gasteiger partial charge in [-0.3, -0.25) is 4.98 Å². The lowest BCUT2D eigenvalue weighted by Crippen LogP contribution is -2.35. The summed E-state index contributed by atoms with van der Waals surface area (Å²) in [5, 5.41) is 13.2. The van der Waals surface area contributed by atoms with E-state index in [1.807, 2.05) is 12.1 Å². The van der Waals surface area contributed by atoms with Crippen LogP contribution in [0.5, 0.6) is 0 Å². The molecule has 0 aliphatic rings. The van der Waals surface area contributed by atoms with Crippen molar-refractivity contribution in [1.29, 1.82) is 0 Å². The molecule has 0 saturated carbocycles. The van der Waals surface area contributed by atoms with Gasteiger partial charge in [-0.2, -0.15) is 0 Å². The van der Waals surface area contributed by atoms with E-state index in [0.29, 0.717) is 19.2 Å². The fourth-order valence-corrected chi connectivity index (χ4v) is 1.50. The Kier molecular flexibility index (Phi) is 6.00. The first-order chi connectivity index (χ1) is 7.77. The highest BCUT2D eigenvalue weighted by atomic mass is 16.5. The number of methoxy groups -OCH3 is 1. The first-order valence-corrected chi connectivity index (χ1v) is 5.58. The summed E-state index contributed by atoms with van der Waals surface area (Å²) in [5.41, 5.74) is 0.884. The molecule has 0 radical (unpaired) electrons. The third kappa shape index (κ3) is 4.26. The molecule has 2 atom stereocenters. The van der Waals surface area contributed by atoms with Gasteiger partial charge in [0.15, 0.2) is 0 Å². The molecule has 0 saturated heterocycles. The Balaban J connectivity index is 2.37. The number of nitrogens with zero attached hydrogens (tertiary/aromatic N) is 1. The zero-order valence-corrected chi connectivity index (χ0v) is 9.89. The Hall–Kier alpha value is -0.970. The van der Waals surface area contributed by atoms with Crippen molar-refractivity contribution in [1.82, 2.24) is 10.3 Å². The Morgan fingerprint density at radius 3 is 2.69 bits per heavy atom. The predicted molar refractivity (Wildman–Crippen MR) is 63.2 cm³/mol. The first kappa shape index (κ1) is 13.1. The molecule has 0 amide bonds. The summed E-state index contributed by atoms with van der Waals surface area (Å²) in [7, 11) is 1.68. The molecule has 16 heavy (non-hydrogen) atoms. The molecule has 0 aliphatic heterocycles. The normalized spacial score (nSPS) is 14.7. The van der Waals surface area contributed by atoms with Crippen LogP contribution >= 0.6 is 0 Å². The maximum Gasteiger partial charge on any atom is 0.0915 e. The molecule has 1 heterocycles. The number of aliphatic hydroxyl groups is 1. The lowest BCUT2D eigenvalue weighted by atomic mass is 10.1. The molecule has 2 N–H and O–H groups in total. The number of aromatic nitrogens is 1. The smallest absolute Gasteiger partial charge is 0.0915 e. The Bertz CT molecular complexity index is 280. The number of aliphatic hydroxyl groups excluding tert-OH is 1. The molecule has 4 heteroatoms. The number of rotatable bonds is 7. The molecule has 0 bridgehead atoms. The highest BCUT2D eigenvalue weighted by Gasteiger charge is 2.10. The van der Waals surface area contributed by atoms with Gasteiger partial charge in [-0.05, 0) is 24.1 Å². The summed E-state index contributed by atoms with van der Waals surface area (Å²) in [4.78, 5) is 3.92. The molecule has 0 aromatic carbocycles. The van der Waals surface area contributed by atoms with Gasteiger partial charge in [0, 0.05) is 32.1 Å². The van der Waals surface area contributed by atoms with Crippen LogP contribution < -0.4 is 5.32 Å². The Labute approximate surface area is 96.7 Å². The van der Waals surface area contributed by atoms with E-state index in [-0.39, 0.29) is 0 Å². The average molecular weight is 224 g/mol. The van der Waals surface area contributed by atoms with Gasteiger partial charge in [-0.25, -0.2) is 0 Å². The lowest BCUT2D eigenvalue weighted by molar-refractivity contribution is 0.137. The van der Waals surface area contributed by atoms with Crippen LogP contribution in [0, 0.1) is 0 Å². The fourth-order valence-electron chi connectivity index (χ4n) is 1.50. The molecular weight excluding hydrogens is 204 g/mol. The molecule has 90 valence electrons. The molecule has 2 unspecified atom stereocenters. The fraction of sp³-hybridized carbons (Fsp3) is 0.583. The molecule has 4 nitrogen and oxygen atoms in total. The van der Waals surface area contributed by atoms with E-state index >= 15 is 0 Å². The number of pyridine rings is 1. The number of ether oxygens (including phenoxy) is 1. The first-order valence-electron chi connectivity index (χ1n) is 5.58. The van der Waals surface area contributed by atoms with Crippen LogP contribution in [0.2, 0.25) is 0 Å². The summed E-state index contributed by atoms with van der Waals surface area (Å²) in [5.74, 6) is 0. The van der Waals surface area contributed by atoms with Crippen molar-refractivity contribution in [3.63, 3.8) is 0 Å². The van der Waals surface area contributed by atoms with E-state index in [4.69, 9.17) is 4.74 Å². The summed E-state index contributed by atoms with van der Waals surface area (Å²) < 4.78 is 5.08. The monoisotopic (exact) mass is 224 g/mol.